The number of amidine groups is 1. The molecule has 0 amide bonds. The smallest absolute Gasteiger partial charge is 0.141 e. The third-order valence-electron chi connectivity index (χ3n) is 5.33. The Labute approximate surface area is 174 Å². The summed E-state index contributed by atoms with van der Waals surface area (Å²) in [6, 6.07) is 18.5. The van der Waals surface area contributed by atoms with Crippen LogP contribution in [-0.2, 0) is 6.54 Å². The Morgan fingerprint density at radius 1 is 1.07 bits per heavy atom. The zero-order valence-electron chi connectivity index (χ0n) is 16.9. The average molecular weight is 398 g/mol. The zero-order chi connectivity index (χ0) is 20.5. The number of ether oxygens (including phenoxy) is 1. The highest BCUT2D eigenvalue weighted by Crippen LogP contribution is 2.28. The van der Waals surface area contributed by atoms with Gasteiger partial charge in [0.2, 0.25) is 0 Å². The van der Waals surface area contributed by atoms with Gasteiger partial charge in [0, 0.05) is 23.7 Å². The molecule has 0 aliphatic carbocycles. The van der Waals surface area contributed by atoms with Crippen LogP contribution in [0.3, 0.4) is 0 Å². The van der Waals surface area contributed by atoms with Crippen molar-refractivity contribution in [2.75, 3.05) is 18.8 Å². The van der Waals surface area contributed by atoms with Crippen LogP contribution in [0, 0.1) is 0 Å². The number of rotatable bonds is 5. The lowest BCUT2D eigenvalue weighted by atomic mass is 10.1. The third-order valence-corrected chi connectivity index (χ3v) is 5.33. The Bertz CT molecular complexity index is 1210. The summed E-state index contributed by atoms with van der Waals surface area (Å²) in [6.45, 7) is 3.53. The van der Waals surface area contributed by atoms with Gasteiger partial charge in [-0.15, -0.1) is 0 Å². The predicted molar refractivity (Wildman–Crippen MR) is 118 cm³/mol. The molecule has 0 bridgehead atoms. The molecule has 0 saturated heterocycles. The first-order chi connectivity index (χ1) is 14.7. The fraction of sp³-hybridized carbons (Fsp3) is 0.174. The maximum atomic E-state index is 5.34. The van der Waals surface area contributed by atoms with Crippen LogP contribution in [0.25, 0.3) is 22.3 Å². The summed E-state index contributed by atoms with van der Waals surface area (Å²) < 4.78 is 5.34. The molecule has 1 aliphatic rings. The van der Waals surface area contributed by atoms with Gasteiger partial charge >= 0.3 is 0 Å². The standard InChI is InChI=1S/C23H22N6O/c1-16-27-29(15-28(16)13-17-4-3-5-20(12-17)30-2)19-8-6-18(7-9-19)22-21-10-11-24-23(21)26-14-25-22/h3-12,14H,13,15H2,1-2H3,(H,24,25,26). The number of aromatic nitrogens is 3. The number of aromatic amines is 1. The summed E-state index contributed by atoms with van der Waals surface area (Å²) >= 11 is 0. The number of methoxy groups -OCH3 is 1. The van der Waals surface area contributed by atoms with Crippen LogP contribution in [0.2, 0.25) is 0 Å². The molecule has 0 atom stereocenters. The van der Waals surface area contributed by atoms with Gasteiger partial charge in [0.05, 0.1) is 18.5 Å². The largest absolute Gasteiger partial charge is 0.497 e. The van der Waals surface area contributed by atoms with Gasteiger partial charge in [0.1, 0.15) is 30.2 Å². The summed E-state index contributed by atoms with van der Waals surface area (Å²) in [5, 5.41) is 7.77. The number of hydrogen-bond acceptors (Lipinski definition) is 6. The fourth-order valence-electron chi connectivity index (χ4n) is 3.72. The van der Waals surface area contributed by atoms with Crippen molar-refractivity contribution in [1.29, 1.82) is 0 Å². The third kappa shape index (κ3) is 3.34. The quantitative estimate of drug-likeness (QED) is 0.544. The summed E-state index contributed by atoms with van der Waals surface area (Å²) in [6.07, 6.45) is 3.47. The van der Waals surface area contributed by atoms with E-state index < -0.39 is 0 Å². The summed E-state index contributed by atoms with van der Waals surface area (Å²) in [7, 11) is 1.69. The van der Waals surface area contributed by atoms with Crippen molar-refractivity contribution in [2.45, 2.75) is 13.5 Å². The minimum Gasteiger partial charge on any atom is -0.497 e. The Hall–Kier alpha value is -3.87. The van der Waals surface area contributed by atoms with Gasteiger partial charge in [0.25, 0.3) is 0 Å². The molecule has 0 unspecified atom stereocenters. The van der Waals surface area contributed by atoms with E-state index in [1.54, 1.807) is 13.4 Å². The zero-order valence-corrected chi connectivity index (χ0v) is 16.9. The molecule has 2 aromatic carbocycles. The number of anilines is 1. The molecule has 2 aromatic heterocycles. The molecular weight excluding hydrogens is 376 g/mol. The number of hydrazone groups is 1. The van der Waals surface area contributed by atoms with E-state index in [1.807, 2.05) is 36.3 Å². The number of hydrogen-bond donors (Lipinski definition) is 1. The number of nitrogens with one attached hydrogen (secondary N) is 1. The van der Waals surface area contributed by atoms with E-state index in [-0.39, 0.29) is 0 Å². The Morgan fingerprint density at radius 3 is 2.77 bits per heavy atom. The first kappa shape index (κ1) is 18.2. The first-order valence-corrected chi connectivity index (χ1v) is 9.80. The molecule has 4 aromatic rings. The van der Waals surface area contributed by atoms with Crippen LogP contribution < -0.4 is 9.75 Å². The van der Waals surface area contributed by atoms with Gasteiger partial charge in [-0.05, 0) is 42.8 Å². The molecule has 150 valence electrons. The number of H-pyrrole nitrogens is 1. The Kier molecular flexibility index (Phi) is 4.55. The molecule has 30 heavy (non-hydrogen) atoms. The molecule has 0 fully saturated rings. The second-order valence-corrected chi connectivity index (χ2v) is 7.25. The van der Waals surface area contributed by atoms with Crippen molar-refractivity contribution in [3.63, 3.8) is 0 Å². The van der Waals surface area contributed by atoms with Crippen molar-refractivity contribution >= 4 is 22.6 Å². The number of nitrogens with zero attached hydrogens (tertiary/aromatic N) is 5. The van der Waals surface area contributed by atoms with E-state index in [9.17, 15) is 0 Å². The van der Waals surface area contributed by atoms with Crippen LogP contribution in [0.5, 0.6) is 5.75 Å². The molecule has 5 rings (SSSR count). The predicted octanol–water partition coefficient (Wildman–Crippen LogP) is 4.25. The fourth-order valence-corrected chi connectivity index (χ4v) is 3.72. The average Bonchev–Trinajstić information content (AvgIpc) is 3.41. The minimum atomic E-state index is 0.706. The highest BCUT2D eigenvalue weighted by Gasteiger charge is 2.21. The van der Waals surface area contributed by atoms with E-state index in [4.69, 9.17) is 9.84 Å². The minimum absolute atomic E-state index is 0.706. The summed E-state index contributed by atoms with van der Waals surface area (Å²) in [5.74, 6) is 1.86. The molecule has 7 nitrogen and oxygen atoms in total. The van der Waals surface area contributed by atoms with E-state index in [1.165, 1.54) is 5.56 Å². The second-order valence-electron chi connectivity index (χ2n) is 7.25. The van der Waals surface area contributed by atoms with Gasteiger partial charge in [-0.25, -0.2) is 15.0 Å². The maximum absolute atomic E-state index is 5.34. The van der Waals surface area contributed by atoms with E-state index in [2.05, 4.69) is 56.3 Å². The molecule has 0 radical (unpaired) electrons. The van der Waals surface area contributed by atoms with E-state index in [0.717, 1.165) is 46.1 Å². The highest BCUT2D eigenvalue weighted by atomic mass is 16.5. The van der Waals surface area contributed by atoms with Crippen molar-refractivity contribution in [3.05, 3.63) is 72.7 Å². The van der Waals surface area contributed by atoms with Crippen molar-refractivity contribution in [3.8, 4) is 17.0 Å². The van der Waals surface area contributed by atoms with Gasteiger partial charge in [-0.3, -0.25) is 0 Å². The molecule has 1 N–H and O–H groups in total. The van der Waals surface area contributed by atoms with Gasteiger partial charge in [-0.1, -0.05) is 24.3 Å². The van der Waals surface area contributed by atoms with Gasteiger partial charge in [-0.2, -0.15) is 5.10 Å². The lowest BCUT2D eigenvalue weighted by molar-refractivity contribution is 0.410. The highest BCUT2D eigenvalue weighted by molar-refractivity contribution is 5.90. The normalized spacial score (nSPS) is 13.7. The second kappa shape index (κ2) is 7.51. The molecule has 7 heteroatoms. The Morgan fingerprint density at radius 2 is 1.93 bits per heavy atom. The van der Waals surface area contributed by atoms with E-state index >= 15 is 0 Å². The lowest BCUT2D eigenvalue weighted by Gasteiger charge is -2.21. The summed E-state index contributed by atoms with van der Waals surface area (Å²) in [4.78, 5) is 14.1. The molecule has 0 spiro atoms. The first-order valence-electron chi connectivity index (χ1n) is 9.80. The Balaban J connectivity index is 1.33. The van der Waals surface area contributed by atoms with Crippen LogP contribution in [0.4, 0.5) is 5.69 Å². The molecule has 0 saturated carbocycles. The number of fused-ring (bicyclic) bond motifs is 1. The number of benzene rings is 2. The lowest BCUT2D eigenvalue weighted by Crippen LogP contribution is -2.29. The van der Waals surface area contributed by atoms with E-state index in [0.29, 0.717) is 6.67 Å². The topological polar surface area (TPSA) is 69.6 Å². The van der Waals surface area contributed by atoms with Crippen LogP contribution in [-0.4, -0.2) is 39.5 Å². The van der Waals surface area contributed by atoms with Gasteiger partial charge < -0.3 is 14.6 Å². The van der Waals surface area contributed by atoms with Crippen LogP contribution in [0.1, 0.15) is 12.5 Å². The molecule has 1 aliphatic heterocycles. The van der Waals surface area contributed by atoms with Crippen molar-refractivity contribution in [2.24, 2.45) is 5.10 Å². The summed E-state index contributed by atoms with van der Waals surface area (Å²) in [5.41, 5.74) is 5.07. The molecule has 3 heterocycles. The van der Waals surface area contributed by atoms with Gasteiger partial charge in [0.15, 0.2) is 0 Å². The van der Waals surface area contributed by atoms with Crippen LogP contribution in [0.15, 0.2) is 72.2 Å². The monoisotopic (exact) mass is 398 g/mol. The SMILES string of the molecule is COc1cccc(CN2CN(c3ccc(-c4ncnc5[nH]ccc45)cc3)N=C2C)c1. The maximum Gasteiger partial charge on any atom is 0.141 e. The van der Waals surface area contributed by atoms with Crippen molar-refractivity contribution in [1.82, 2.24) is 19.9 Å². The molecular formula is C23H22N6O. The van der Waals surface area contributed by atoms with Crippen LogP contribution >= 0.6 is 0 Å². The van der Waals surface area contributed by atoms with Crippen molar-refractivity contribution < 1.29 is 4.74 Å².